The molecular weight excluding hydrogens is 298 g/mol. The molecule has 0 radical (unpaired) electrons. The van der Waals surface area contributed by atoms with Crippen molar-refractivity contribution in [1.29, 1.82) is 0 Å². The van der Waals surface area contributed by atoms with E-state index < -0.39 is 17.4 Å². The minimum Gasteiger partial charge on any atom is -0.389 e. The van der Waals surface area contributed by atoms with E-state index in [0.717, 1.165) is 5.69 Å². The highest BCUT2D eigenvalue weighted by atomic mass is 16.3. The lowest BCUT2D eigenvalue weighted by Crippen LogP contribution is -2.39. The summed E-state index contributed by atoms with van der Waals surface area (Å²) in [7, 11) is 1.56. The summed E-state index contributed by atoms with van der Waals surface area (Å²) in [5.74, 6) is 0.545. The van der Waals surface area contributed by atoms with Gasteiger partial charge in [0, 0.05) is 12.7 Å². The lowest BCUT2D eigenvalue weighted by Gasteiger charge is -2.32. The van der Waals surface area contributed by atoms with E-state index in [1.165, 1.54) is 4.57 Å². The highest BCUT2D eigenvalue weighted by Gasteiger charge is 2.29. The van der Waals surface area contributed by atoms with Gasteiger partial charge in [0.25, 0.3) is 5.56 Å². The predicted molar refractivity (Wildman–Crippen MR) is 85.0 cm³/mol. The van der Waals surface area contributed by atoms with Crippen molar-refractivity contribution < 1.29 is 5.11 Å². The number of H-pyrrole nitrogens is 1. The maximum absolute atomic E-state index is 12.2. The van der Waals surface area contributed by atoms with Crippen LogP contribution < -0.4 is 16.1 Å². The molecule has 0 saturated heterocycles. The molecule has 1 atom stereocenters. The number of anilines is 2. The van der Waals surface area contributed by atoms with Crippen LogP contribution in [0.3, 0.4) is 0 Å². The predicted octanol–water partition coefficient (Wildman–Crippen LogP) is -0.0641. The maximum atomic E-state index is 12.2. The van der Waals surface area contributed by atoms with Crippen molar-refractivity contribution >= 4 is 22.8 Å². The minimum absolute atomic E-state index is 0.260. The molecule has 118 valence electrons. The van der Waals surface area contributed by atoms with Crippen LogP contribution in [0.2, 0.25) is 0 Å². The lowest BCUT2D eigenvalue weighted by molar-refractivity contribution is 0.154. The molecule has 0 aliphatic carbocycles. The molecule has 2 N–H and O–H groups in total. The first-order valence-electron chi connectivity index (χ1n) is 7.26. The Hall–Kier alpha value is -2.87. The fourth-order valence-corrected chi connectivity index (χ4v) is 2.99. The summed E-state index contributed by atoms with van der Waals surface area (Å²) >= 11 is 0. The van der Waals surface area contributed by atoms with Gasteiger partial charge in [-0.25, -0.2) is 4.79 Å². The Labute approximate surface area is 130 Å². The molecule has 0 amide bonds. The number of para-hydroxylation sites is 1. The number of aromatic nitrogens is 4. The number of rotatable bonds is 1. The molecular formula is C15H15N5O3. The summed E-state index contributed by atoms with van der Waals surface area (Å²) in [5.41, 5.74) is 0.462. The monoisotopic (exact) mass is 313 g/mol. The normalized spacial score (nSPS) is 17.5. The molecule has 1 aromatic carbocycles. The Kier molecular flexibility index (Phi) is 2.88. The topological polar surface area (TPSA) is 96.2 Å². The second-order valence-corrected chi connectivity index (χ2v) is 5.61. The number of benzene rings is 1. The third-order valence-corrected chi connectivity index (χ3v) is 4.08. The number of hydrogen-bond donors (Lipinski definition) is 2. The number of nitrogens with zero attached hydrogens (tertiary/aromatic N) is 4. The summed E-state index contributed by atoms with van der Waals surface area (Å²) in [6.07, 6.45) is -0.642. The minimum atomic E-state index is -0.642. The van der Waals surface area contributed by atoms with Gasteiger partial charge in [0.1, 0.15) is 0 Å². The summed E-state index contributed by atoms with van der Waals surface area (Å²) < 4.78 is 2.96. The Morgan fingerprint density at radius 2 is 1.96 bits per heavy atom. The summed E-state index contributed by atoms with van der Waals surface area (Å²) in [6, 6.07) is 9.51. The Balaban J connectivity index is 2.04. The van der Waals surface area contributed by atoms with Gasteiger partial charge in [-0.3, -0.25) is 14.3 Å². The molecule has 2 aromatic heterocycles. The molecule has 23 heavy (non-hydrogen) atoms. The number of aromatic amines is 1. The molecule has 8 heteroatoms. The first-order chi connectivity index (χ1) is 11.1. The van der Waals surface area contributed by atoms with Crippen LogP contribution in [0.15, 0.2) is 39.9 Å². The standard InChI is InChI=1S/C15H15N5O3/c1-18-12-11(13(22)17-15(18)23)20-8-10(21)7-19(14(20)16-12)9-5-3-2-4-6-9/h2-6,10,21H,7-8H2,1H3,(H,17,22,23)/t10-/m0/s1. The van der Waals surface area contributed by atoms with E-state index in [0.29, 0.717) is 23.7 Å². The van der Waals surface area contributed by atoms with Crippen molar-refractivity contribution in [3.63, 3.8) is 0 Å². The second-order valence-electron chi connectivity index (χ2n) is 5.61. The van der Waals surface area contributed by atoms with Crippen molar-refractivity contribution in [2.75, 3.05) is 11.4 Å². The van der Waals surface area contributed by atoms with Gasteiger partial charge >= 0.3 is 5.69 Å². The fourth-order valence-electron chi connectivity index (χ4n) is 2.99. The van der Waals surface area contributed by atoms with Gasteiger partial charge in [-0.2, -0.15) is 4.98 Å². The zero-order valence-corrected chi connectivity index (χ0v) is 12.4. The van der Waals surface area contributed by atoms with E-state index in [4.69, 9.17) is 0 Å². The molecule has 8 nitrogen and oxygen atoms in total. The molecule has 3 heterocycles. The first-order valence-corrected chi connectivity index (χ1v) is 7.26. The van der Waals surface area contributed by atoms with E-state index >= 15 is 0 Å². The van der Waals surface area contributed by atoms with Crippen LogP contribution in [0.4, 0.5) is 11.6 Å². The summed E-state index contributed by atoms with van der Waals surface area (Å²) in [5, 5.41) is 10.2. The van der Waals surface area contributed by atoms with Crippen molar-refractivity contribution in [2.45, 2.75) is 12.6 Å². The third kappa shape index (κ3) is 1.99. The Morgan fingerprint density at radius 1 is 1.22 bits per heavy atom. The maximum Gasteiger partial charge on any atom is 0.329 e. The molecule has 0 saturated carbocycles. The van der Waals surface area contributed by atoms with E-state index in [1.54, 1.807) is 11.6 Å². The average molecular weight is 313 g/mol. The van der Waals surface area contributed by atoms with Crippen LogP contribution in [-0.4, -0.2) is 36.9 Å². The molecule has 3 aromatic rings. The number of nitrogens with one attached hydrogen (secondary N) is 1. The number of β-amino-alcohol motifs (C(OH)–C–C–N with tert-alkyl or cyclic N) is 1. The number of aliphatic hydroxyl groups excluding tert-OH is 1. The number of imidazole rings is 1. The number of hydrogen-bond acceptors (Lipinski definition) is 5. The van der Waals surface area contributed by atoms with Crippen LogP contribution in [-0.2, 0) is 13.6 Å². The average Bonchev–Trinajstić information content (AvgIpc) is 2.92. The highest BCUT2D eigenvalue weighted by molar-refractivity contribution is 5.77. The van der Waals surface area contributed by atoms with Crippen molar-refractivity contribution in [3.8, 4) is 0 Å². The zero-order chi connectivity index (χ0) is 16.1. The number of aryl methyl sites for hydroxylation is 1. The highest BCUT2D eigenvalue weighted by Crippen LogP contribution is 2.30. The molecule has 0 unspecified atom stereocenters. The van der Waals surface area contributed by atoms with Crippen molar-refractivity contribution in [2.24, 2.45) is 7.05 Å². The smallest absolute Gasteiger partial charge is 0.329 e. The zero-order valence-electron chi connectivity index (χ0n) is 12.4. The molecule has 4 rings (SSSR count). The van der Waals surface area contributed by atoms with Gasteiger partial charge in [-0.15, -0.1) is 0 Å². The molecule has 0 spiro atoms. The van der Waals surface area contributed by atoms with Crippen LogP contribution in [0.1, 0.15) is 0 Å². The van der Waals surface area contributed by atoms with Gasteiger partial charge in [-0.05, 0) is 12.1 Å². The quantitative estimate of drug-likeness (QED) is 0.656. The first kappa shape index (κ1) is 13.8. The summed E-state index contributed by atoms with van der Waals surface area (Å²) in [6.45, 7) is 0.635. The number of aliphatic hydroxyl groups is 1. The van der Waals surface area contributed by atoms with Crippen molar-refractivity contribution in [1.82, 2.24) is 19.1 Å². The van der Waals surface area contributed by atoms with Crippen LogP contribution >= 0.6 is 0 Å². The van der Waals surface area contributed by atoms with E-state index in [9.17, 15) is 14.7 Å². The Bertz CT molecular complexity index is 1000. The van der Waals surface area contributed by atoms with Crippen LogP contribution in [0, 0.1) is 0 Å². The van der Waals surface area contributed by atoms with Crippen LogP contribution in [0.25, 0.3) is 11.2 Å². The van der Waals surface area contributed by atoms with Gasteiger partial charge in [0.15, 0.2) is 11.2 Å². The third-order valence-electron chi connectivity index (χ3n) is 4.08. The SMILES string of the molecule is Cn1c(=O)[nH]c(=O)c2c1nc1n2C[C@@H](O)CN1c1ccccc1. The van der Waals surface area contributed by atoms with Gasteiger partial charge in [0.05, 0.1) is 19.2 Å². The van der Waals surface area contributed by atoms with Gasteiger partial charge in [-0.1, -0.05) is 18.2 Å². The van der Waals surface area contributed by atoms with E-state index in [-0.39, 0.29) is 6.54 Å². The van der Waals surface area contributed by atoms with Gasteiger partial charge < -0.3 is 14.6 Å². The van der Waals surface area contributed by atoms with Crippen molar-refractivity contribution in [3.05, 3.63) is 51.2 Å². The lowest BCUT2D eigenvalue weighted by atomic mass is 10.2. The van der Waals surface area contributed by atoms with E-state index in [2.05, 4.69) is 9.97 Å². The number of fused-ring (bicyclic) bond motifs is 3. The second kappa shape index (κ2) is 4.82. The van der Waals surface area contributed by atoms with Crippen LogP contribution in [0.5, 0.6) is 0 Å². The molecule has 1 aliphatic heterocycles. The molecule has 0 fully saturated rings. The molecule has 1 aliphatic rings. The molecule has 0 bridgehead atoms. The fraction of sp³-hybridized carbons (Fsp3) is 0.267. The van der Waals surface area contributed by atoms with E-state index in [1.807, 2.05) is 35.2 Å². The summed E-state index contributed by atoms with van der Waals surface area (Å²) in [4.78, 5) is 32.6. The Morgan fingerprint density at radius 3 is 2.70 bits per heavy atom. The largest absolute Gasteiger partial charge is 0.389 e. The van der Waals surface area contributed by atoms with Gasteiger partial charge in [0.2, 0.25) is 5.95 Å².